The molecule has 7 heteroatoms. The number of hydrogen-bond acceptors (Lipinski definition) is 4. The third-order valence-electron chi connectivity index (χ3n) is 4.76. The van der Waals surface area contributed by atoms with Crippen molar-refractivity contribution in [1.82, 2.24) is 9.88 Å². The van der Waals surface area contributed by atoms with Crippen molar-refractivity contribution in [3.8, 4) is 5.88 Å². The lowest BCUT2D eigenvalue weighted by molar-refractivity contribution is 0.0676. The molecule has 1 aliphatic rings. The summed E-state index contributed by atoms with van der Waals surface area (Å²) in [5.41, 5.74) is 0.180. The van der Waals surface area contributed by atoms with Crippen LogP contribution in [0.1, 0.15) is 30.1 Å². The molecule has 1 N–H and O–H groups in total. The lowest BCUT2D eigenvalue weighted by Gasteiger charge is -2.36. The van der Waals surface area contributed by atoms with Crippen molar-refractivity contribution in [3.05, 3.63) is 65.5 Å². The fourth-order valence-electron chi connectivity index (χ4n) is 3.30. The van der Waals surface area contributed by atoms with Crippen molar-refractivity contribution in [3.63, 3.8) is 0 Å². The minimum absolute atomic E-state index is 0.0465. The van der Waals surface area contributed by atoms with Crippen LogP contribution >= 0.6 is 11.6 Å². The Balaban J connectivity index is 1.63. The smallest absolute Gasteiger partial charge is 0.258 e. The first kappa shape index (κ1) is 20.3. The molecule has 28 heavy (non-hydrogen) atoms. The zero-order chi connectivity index (χ0) is 20.1. The Bertz CT molecular complexity index is 861. The second-order valence-corrected chi connectivity index (χ2v) is 7.24. The van der Waals surface area contributed by atoms with Gasteiger partial charge in [-0.05, 0) is 44.0 Å². The first-order valence-electron chi connectivity index (χ1n) is 9.21. The van der Waals surface area contributed by atoms with E-state index in [1.807, 2.05) is 6.08 Å². The Morgan fingerprint density at radius 3 is 3.00 bits per heavy atom. The number of pyridine rings is 1. The third-order valence-corrected chi connectivity index (χ3v) is 5.07. The highest BCUT2D eigenvalue weighted by atomic mass is 35.5. The molecule has 1 saturated heterocycles. The van der Waals surface area contributed by atoms with Crippen molar-refractivity contribution < 1.29 is 13.9 Å². The fourth-order valence-corrected chi connectivity index (χ4v) is 3.55. The number of amides is 1. The second-order valence-electron chi connectivity index (χ2n) is 6.84. The summed E-state index contributed by atoms with van der Waals surface area (Å²) in [5.74, 6) is -0.151. The molecule has 148 valence electrons. The van der Waals surface area contributed by atoms with Crippen molar-refractivity contribution in [2.24, 2.45) is 0 Å². The zero-order valence-corrected chi connectivity index (χ0v) is 16.5. The number of piperidine rings is 1. The van der Waals surface area contributed by atoms with Gasteiger partial charge in [0.25, 0.3) is 5.91 Å². The molecular weight excluding hydrogens is 381 g/mol. The summed E-state index contributed by atoms with van der Waals surface area (Å²) in [7, 11) is 0. The van der Waals surface area contributed by atoms with Gasteiger partial charge in [-0.3, -0.25) is 9.69 Å². The highest BCUT2D eigenvalue weighted by molar-refractivity contribution is 6.34. The predicted octanol–water partition coefficient (Wildman–Crippen LogP) is 4.54. The Morgan fingerprint density at radius 1 is 1.46 bits per heavy atom. The van der Waals surface area contributed by atoms with E-state index in [1.165, 1.54) is 12.1 Å². The molecule has 0 saturated carbocycles. The molecular formula is C21H23ClFN3O2. The van der Waals surface area contributed by atoms with Gasteiger partial charge in [0.1, 0.15) is 17.7 Å². The Kier molecular flexibility index (Phi) is 6.65. The van der Waals surface area contributed by atoms with E-state index < -0.39 is 11.7 Å². The van der Waals surface area contributed by atoms with Crippen molar-refractivity contribution in [2.75, 3.05) is 18.4 Å². The monoisotopic (exact) mass is 403 g/mol. The van der Waals surface area contributed by atoms with Gasteiger partial charge >= 0.3 is 0 Å². The zero-order valence-electron chi connectivity index (χ0n) is 15.7. The van der Waals surface area contributed by atoms with Gasteiger partial charge in [0, 0.05) is 25.2 Å². The van der Waals surface area contributed by atoms with Gasteiger partial charge < -0.3 is 10.1 Å². The van der Waals surface area contributed by atoms with E-state index in [9.17, 15) is 9.18 Å². The minimum atomic E-state index is -0.497. The van der Waals surface area contributed by atoms with Crippen LogP contribution in [0.2, 0.25) is 5.02 Å². The molecule has 2 heterocycles. The minimum Gasteiger partial charge on any atom is -0.474 e. The van der Waals surface area contributed by atoms with Crippen LogP contribution in [0.25, 0.3) is 0 Å². The lowest BCUT2D eigenvalue weighted by Crippen LogP contribution is -2.44. The van der Waals surface area contributed by atoms with E-state index in [0.29, 0.717) is 17.7 Å². The molecule has 0 radical (unpaired) electrons. The van der Waals surface area contributed by atoms with E-state index in [1.54, 1.807) is 18.2 Å². The maximum absolute atomic E-state index is 13.2. The SMILES string of the molecule is C=CCN1CCC(Oc2cccc(NC(=O)c3ccc(F)cc3Cl)n2)CC1C. The third kappa shape index (κ3) is 5.09. The van der Waals surface area contributed by atoms with Gasteiger partial charge in [0.05, 0.1) is 10.6 Å². The van der Waals surface area contributed by atoms with Crippen LogP contribution in [0.3, 0.4) is 0 Å². The largest absolute Gasteiger partial charge is 0.474 e. The number of rotatable bonds is 6. The molecule has 2 unspecified atom stereocenters. The number of halogens is 2. The second kappa shape index (κ2) is 9.17. The van der Waals surface area contributed by atoms with Gasteiger partial charge in [-0.15, -0.1) is 6.58 Å². The lowest BCUT2D eigenvalue weighted by atomic mass is 10.0. The molecule has 2 aromatic rings. The number of nitrogens with zero attached hydrogens (tertiary/aromatic N) is 2. The molecule has 1 amide bonds. The predicted molar refractivity (Wildman–Crippen MR) is 108 cm³/mol. The average Bonchev–Trinajstić information content (AvgIpc) is 2.64. The Hall–Kier alpha value is -2.44. The summed E-state index contributed by atoms with van der Waals surface area (Å²) in [6, 6.07) is 9.22. The first-order chi connectivity index (χ1) is 13.5. The average molecular weight is 404 g/mol. The molecule has 1 fully saturated rings. The fraction of sp³-hybridized carbons (Fsp3) is 0.333. The molecule has 0 bridgehead atoms. The van der Waals surface area contributed by atoms with E-state index in [0.717, 1.165) is 32.0 Å². The Morgan fingerprint density at radius 2 is 2.29 bits per heavy atom. The van der Waals surface area contributed by atoms with Crippen LogP contribution in [-0.4, -0.2) is 41.0 Å². The highest BCUT2D eigenvalue weighted by Crippen LogP contribution is 2.23. The number of aromatic nitrogens is 1. The van der Waals surface area contributed by atoms with E-state index >= 15 is 0 Å². The molecule has 2 atom stereocenters. The summed E-state index contributed by atoms with van der Waals surface area (Å²) >= 11 is 5.94. The number of likely N-dealkylation sites (tertiary alicyclic amines) is 1. The van der Waals surface area contributed by atoms with E-state index in [-0.39, 0.29) is 16.7 Å². The Labute approximate surface area is 169 Å². The number of carbonyl (C=O) groups excluding carboxylic acids is 1. The molecule has 0 aliphatic carbocycles. The van der Waals surface area contributed by atoms with Gasteiger partial charge in [-0.1, -0.05) is 23.7 Å². The molecule has 3 rings (SSSR count). The molecule has 5 nitrogen and oxygen atoms in total. The maximum Gasteiger partial charge on any atom is 0.258 e. The number of hydrogen-bond donors (Lipinski definition) is 1. The number of ether oxygens (including phenoxy) is 1. The molecule has 1 aliphatic heterocycles. The summed E-state index contributed by atoms with van der Waals surface area (Å²) in [5, 5.41) is 2.72. The van der Waals surface area contributed by atoms with Gasteiger partial charge in [-0.2, -0.15) is 4.98 Å². The van der Waals surface area contributed by atoms with E-state index in [2.05, 4.69) is 28.7 Å². The molecule has 1 aromatic carbocycles. The van der Waals surface area contributed by atoms with Crippen molar-refractivity contribution in [2.45, 2.75) is 31.9 Å². The number of nitrogens with one attached hydrogen (secondary N) is 1. The maximum atomic E-state index is 13.2. The topological polar surface area (TPSA) is 54.5 Å². The van der Waals surface area contributed by atoms with Gasteiger partial charge in [0.2, 0.25) is 5.88 Å². The standard InChI is InChI=1S/C21H23ClFN3O2/c1-3-10-26-11-9-16(12-14(26)2)28-20-6-4-5-19(24-20)25-21(27)17-8-7-15(23)13-18(17)22/h3-8,13-14,16H,1,9-12H2,2H3,(H,24,25,27). The van der Waals surface area contributed by atoms with Crippen molar-refractivity contribution in [1.29, 1.82) is 0 Å². The quantitative estimate of drug-likeness (QED) is 0.719. The molecule has 1 aromatic heterocycles. The number of anilines is 1. The summed E-state index contributed by atoms with van der Waals surface area (Å²) in [6.07, 6.45) is 3.79. The summed E-state index contributed by atoms with van der Waals surface area (Å²) < 4.78 is 19.2. The normalized spacial score (nSPS) is 19.8. The van der Waals surface area contributed by atoms with Crippen LogP contribution in [0.4, 0.5) is 10.2 Å². The highest BCUT2D eigenvalue weighted by Gasteiger charge is 2.26. The van der Waals surface area contributed by atoms with Crippen LogP contribution in [0, 0.1) is 5.82 Å². The number of benzene rings is 1. The summed E-state index contributed by atoms with van der Waals surface area (Å²) in [6.45, 7) is 7.79. The molecule has 0 spiro atoms. The van der Waals surface area contributed by atoms with Crippen LogP contribution in [0.5, 0.6) is 5.88 Å². The van der Waals surface area contributed by atoms with E-state index in [4.69, 9.17) is 16.3 Å². The van der Waals surface area contributed by atoms with Gasteiger partial charge in [0.15, 0.2) is 0 Å². The summed E-state index contributed by atoms with van der Waals surface area (Å²) in [4.78, 5) is 19.1. The van der Waals surface area contributed by atoms with Crippen LogP contribution < -0.4 is 10.1 Å². The van der Waals surface area contributed by atoms with Gasteiger partial charge in [-0.25, -0.2) is 4.39 Å². The van der Waals surface area contributed by atoms with Crippen molar-refractivity contribution >= 4 is 23.3 Å². The first-order valence-corrected chi connectivity index (χ1v) is 9.59. The van der Waals surface area contributed by atoms with Crippen LogP contribution in [-0.2, 0) is 0 Å². The van der Waals surface area contributed by atoms with Crippen LogP contribution in [0.15, 0.2) is 49.1 Å². The number of carbonyl (C=O) groups is 1.